The van der Waals surface area contributed by atoms with Crippen LogP contribution < -0.4 is 0 Å². The predicted molar refractivity (Wildman–Crippen MR) is 44.9 cm³/mol. The summed E-state index contributed by atoms with van der Waals surface area (Å²) >= 11 is 5.72. The zero-order valence-corrected chi connectivity index (χ0v) is 6.49. The van der Waals surface area contributed by atoms with Gasteiger partial charge in [0, 0.05) is 22.6 Å². The van der Waals surface area contributed by atoms with Crippen LogP contribution in [0.4, 0.5) is 0 Å². The molecule has 0 atom stereocenters. The fraction of sp³-hybridized carbons (Fsp3) is 0.143. The van der Waals surface area contributed by atoms with Crippen molar-refractivity contribution in [2.45, 2.75) is 6.42 Å². The van der Waals surface area contributed by atoms with E-state index in [4.69, 9.17) is 17.1 Å². The number of rotatable bonds is 1. The summed E-state index contributed by atoms with van der Waals surface area (Å²) in [6, 6.07) is 0. The van der Waals surface area contributed by atoms with E-state index >= 15 is 0 Å². The predicted octanol–water partition coefficient (Wildman–Crippen LogP) is 3.26. The van der Waals surface area contributed by atoms with E-state index in [9.17, 15) is 0 Å². The lowest BCUT2D eigenvalue weighted by Gasteiger charge is -2.02. The summed E-state index contributed by atoms with van der Waals surface area (Å²) in [6.07, 6.45) is 7.61. The van der Waals surface area contributed by atoms with Gasteiger partial charge >= 0.3 is 0 Å². The number of hydrogen-bond donors (Lipinski definition) is 0. The normalized spacial score (nSPS) is 19.4. The summed E-state index contributed by atoms with van der Waals surface area (Å²) in [5.41, 5.74) is 8.93. The van der Waals surface area contributed by atoms with Crippen LogP contribution >= 0.6 is 11.6 Å². The van der Waals surface area contributed by atoms with Crippen molar-refractivity contribution >= 4 is 11.6 Å². The van der Waals surface area contributed by atoms with E-state index in [0.717, 1.165) is 10.6 Å². The van der Waals surface area contributed by atoms with E-state index in [1.54, 1.807) is 0 Å². The molecule has 3 nitrogen and oxygen atoms in total. The molecule has 0 radical (unpaired) electrons. The highest BCUT2D eigenvalue weighted by molar-refractivity contribution is 6.30. The van der Waals surface area contributed by atoms with Gasteiger partial charge in [0.2, 0.25) is 0 Å². The molecule has 0 saturated heterocycles. The molecule has 0 spiro atoms. The molecule has 1 aliphatic rings. The topological polar surface area (TPSA) is 48.8 Å². The van der Waals surface area contributed by atoms with Gasteiger partial charge in [-0.1, -0.05) is 28.9 Å². The van der Waals surface area contributed by atoms with Gasteiger partial charge in [0.25, 0.3) is 0 Å². The Morgan fingerprint density at radius 2 is 2.55 bits per heavy atom. The van der Waals surface area contributed by atoms with E-state index in [2.05, 4.69) is 10.0 Å². The Morgan fingerprint density at radius 3 is 3.18 bits per heavy atom. The lowest BCUT2D eigenvalue weighted by atomic mass is 10.1. The monoisotopic (exact) mass is 167 g/mol. The standard InChI is InChI=1S/C7H6ClN3/c8-7-3-1-2-6(4-7)5-10-11-9/h1-3,5H,4H2. The molecule has 0 N–H and O–H groups in total. The number of nitrogens with zero attached hydrogens (tertiary/aromatic N) is 3. The number of hydrogen-bond acceptors (Lipinski definition) is 1. The van der Waals surface area contributed by atoms with Crippen molar-refractivity contribution in [2.24, 2.45) is 5.11 Å². The van der Waals surface area contributed by atoms with Gasteiger partial charge in [-0.2, -0.15) is 0 Å². The SMILES string of the molecule is [N-]=[N+]=NC=C1C=CC=C(Cl)C1. The van der Waals surface area contributed by atoms with Crippen molar-refractivity contribution in [3.05, 3.63) is 45.5 Å². The first kappa shape index (κ1) is 7.92. The van der Waals surface area contributed by atoms with Crippen LogP contribution in [0, 0.1) is 0 Å². The third-order valence-electron chi connectivity index (χ3n) is 1.24. The summed E-state index contributed by atoms with van der Waals surface area (Å²) in [6.45, 7) is 0. The minimum absolute atomic E-state index is 0.650. The maximum absolute atomic E-state index is 8.00. The van der Waals surface area contributed by atoms with Crippen LogP contribution in [0.2, 0.25) is 0 Å². The van der Waals surface area contributed by atoms with Crippen LogP contribution in [0.1, 0.15) is 6.42 Å². The lowest BCUT2D eigenvalue weighted by Crippen LogP contribution is -1.83. The molecule has 0 saturated carbocycles. The van der Waals surface area contributed by atoms with Gasteiger partial charge in [-0.25, -0.2) is 0 Å². The molecule has 4 heteroatoms. The van der Waals surface area contributed by atoms with Crippen LogP contribution in [0.5, 0.6) is 0 Å². The van der Waals surface area contributed by atoms with Crippen molar-refractivity contribution in [3.8, 4) is 0 Å². The summed E-state index contributed by atoms with van der Waals surface area (Å²) in [4.78, 5) is 2.61. The Labute approximate surface area is 69.3 Å². The largest absolute Gasteiger partial charge is 0.0888 e. The molecule has 11 heavy (non-hydrogen) atoms. The van der Waals surface area contributed by atoms with E-state index in [0.29, 0.717) is 6.42 Å². The van der Waals surface area contributed by atoms with Gasteiger partial charge < -0.3 is 0 Å². The molecule has 0 bridgehead atoms. The fourth-order valence-corrected chi connectivity index (χ4v) is 1.00. The Bertz CT molecular complexity index is 282. The summed E-state index contributed by atoms with van der Waals surface area (Å²) < 4.78 is 0. The minimum Gasteiger partial charge on any atom is -0.0888 e. The maximum atomic E-state index is 8.00. The molecule has 0 amide bonds. The molecule has 0 aromatic heterocycles. The number of allylic oxidation sites excluding steroid dienone is 5. The second kappa shape index (κ2) is 3.86. The minimum atomic E-state index is 0.650. The van der Waals surface area contributed by atoms with Crippen LogP contribution in [0.3, 0.4) is 0 Å². The Hall–Kier alpha value is -1.18. The first-order valence-electron chi connectivity index (χ1n) is 3.09. The van der Waals surface area contributed by atoms with Gasteiger partial charge in [0.15, 0.2) is 0 Å². The molecule has 0 unspecified atom stereocenters. The summed E-state index contributed by atoms with van der Waals surface area (Å²) in [5, 5.41) is 4.07. The molecule has 0 heterocycles. The van der Waals surface area contributed by atoms with Gasteiger partial charge in [0.1, 0.15) is 0 Å². The van der Waals surface area contributed by atoms with Gasteiger partial charge in [-0.15, -0.1) is 0 Å². The van der Waals surface area contributed by atoms with E-state index < -0.39 is 0 Å². The zero-order chi connectivity index (χ0) is 8.10. The quantitative estimate of drug-likeness (QED) is 0.327. The molecule has 0 aliphatic heterocycles. The van der Waals surface area contributed by atoms with E-state index in [-0.39, 0.29) is 0 Å². The number of halogens is 1. The molecule has 0 aromatic rings. The molecule has 1 rings (SSSR count). The van der Waals surface area contributed by atoms with E-state index in [1.165, 1.54) is 6.20 Å². The molecular weight excluding hydrogens is 162 g/mol. The average molecular weight is 168 g/mol. The van der Waals surface area contributed by atoms with Crippen molar-refractivity contribution in [2.75, 3.05) is 0 Å². The molecule has 0 aromatic carbocycles. The Kier molecular flexibility index (Phi) is 2.78. The van der Waals surface area contributed by atoms with Gasteiger partial charge in [-0.05, 0) is 17.2 Å². The van der Waals surface area contributed by atoms with Gasteiger partial charge in [-0.3, -0.25) is 0 Å². The zero-order valence-electron chi connectivity index (χ0n) is 5.74. The van der Waals surface area contributed by atoms with Crippen molar-refractivity contribution in [1.82, 2.24) is 0 Å². The van der Waals surface area contributed by atoms with E-state index in [1.807, 2.05) is 18.2 Å². The summed E-state index contributed by atoms with van der Waals surface area (Å²) in [7, 11) is 0. The average Bonchev–Trinajstić information content (AvgIpc) is 2.01. The smallest absolute Gasteiger partial charge is 0.0224 e. The van der Waals surface area contributed by atoms with Crippen LogP contribution in [0.25, 0.3) is 10.4 Å². The molecular formula is C7H6ClN3. The maximum Gasteiger partial charge on any atom is 0.0224 e. The second-order valence-corrected chi connectivity index (χ2v) is 2.54. The van der Waals surface area contributed by atoms with Crippen molar-refractivity contribution in [3.63, 3.8) is 0 Å². The van der Waals surface area contributed by atoms with Crippen molar-refractivity contribution in [1.29, 1.82) is 0 Å². The van der Waals surface area contributed by atoms with Crippen LogP contribution in [-0.2, 0) is 0 Å². The highest BCUT2D eigenvalue weighted by Gasteiger charge is 1.98. The van der Waals surface area contributed by atoms with Crippen LogP contribution in [-0.4, -0.2) is 0 Å². The van der Waals surface area contributed by atoms with Crippen molar-refractivity contribution < 1.29 is 0 Å². The second-order valence-electron chi connectivity index (χ2n) is 2.06. The third-order valence-corrected chi connectivity index (χ3v) is 1.50. The third kappa shape index (κ3) is 2.50. The Balaban J connectivity index is 2.73. The Morgan fingerprint density at radius 1 is 1.73 bits per heavy atom. The van der Waals surface area contributed by atoms with Crippen LogP contribution in [0.15, 0.2) is 40.1 Å². The molecule has 1 aliphatic carbocycles. The highest BCUT2D eigenvalue weighted by atomic mass is 35.5. The first-order valence-corrected chi connectivity index (χ1v) is 3.46. The number of azide groups is 1. The molecule has 56 valence electrons. The van der Waals surface area contributed by atoms with Gasteiger partial charge in [0.05, 0.1) is 0 Å². The fourth-order valence-electron chi connectivity index (χ4n) is 0.778. The lowest BCUT2D eigenvalue weighted by molar-refractivity contribution is 1.21. The molecule has 0 fully saturated rings. The first-order chi connectivity index (χ1) is 5.33. The summed E-state index contributed by atoms with van der Waals surface area (Å²) in [5.74, 6) is 0. The highest BCUT2D eigenvalue weighted by Crippen LogP contribution is 2.20.